The highest BCUT2D eigenvalue weighted by Crippen LogP contribution is 2.42. The van der Waals surface area contributed by atoms with Gasteiger partial charge in [-0.2, -0.15) is 26.3 Å². The second kappa shape index (κ2) is 10.4. The molecule has 0 spiro atoms. The number of hydrogen-bond acceptors (Lipinski definition) is 2. The van der Waals surface area contributed by atoms with Crippen LogP contribution in [0.5, 0.6) is 0 Å². The fourth-order valence-corrected chi connectivity index (χ4v) is 4.46. The van der Waals surface area contributed by atoms with Gasteiger partial charge in [0.25, 0.3) is 0 Å². The maximum atomic E-state index is 16.0. The maximum absolute atomic E-state index is 16.0. The average Bonchev–Trinajstić information content (AvgIpc) is 2.81. The number of amides is 1. The van der Waals surface area contributed by atoms with E-state index in [1.54, 1.807) is 0 Å². The number of nitrogens with one attached hydrogen (secondary N) is 1. The van der Waals surface area contributed by atoms with Crippen molar-refractivity contribution in [2.45, 2.75) is 56.2 Å². The van der Waals surface area contributed by atoms with Crippen molar-refractivity contribution in [3.63, 3.8) is 0 Å². The predicted octanol–water partition coefficient (Wildman–Crippen LogP) is 6.65. The maximum Gasteiger partial charge on any atom is 0.416 e. The zero-order chi connectivity index (χ0) is 26.9. The summed E-state index contributed by atoms with van der Waals surface area (Å²) in [5, 5.41) is 3.03. The van der Waals surface area contributed by atoms with Crippen molar-refractivity contribution in [3.05, 3.63) is 70.5 Å². The predicted molar refractivity (Wildman–Crippen MR) is 117 cm³/mol. The zero-order valence-corrected chi connectivity index (χ0v) is 19.6. The van der Waals surface area contributed by atoms with Gasteiger partial charge in [-0.1, -0.05) is 12.1 Å². The van der Waals surface area contributed by atoms with Crippen LogP contribution in [-0.2, 0) is 17.1 Å². The minimum absolute atomic E-state index is 0.0204. The first-order valence-corrected chi connectivity index (χ1v) is 11.3. The van der Waals surface area contributed by atoms with E-state index in [2.05, 4.69) is 5.32 Å². The molecule has 2 aromatic carbocycles. The van der Waals surface area contributed by atoms with Gasteiger partial charge in [-0.05, 0) is 74.3 Å². The number of rotatable bonds is 6. The lowest BCUT2D eigenvalue weighted by atomic mass is 9.75. The van der Waals surface area contributed by atoms with E-state index in [0.717, 1.165) is 17.0 Å². The lowest BCUT2D eigenvalue weighted by Gasteiger charge is -2.38. The molecule has 0 aromatic heterocycles. The van der Waals surface area contributed by atoms with Gasteiger partial charge in [0.15, 0.2) is 0 Å². The van der Waals surface area contributed by atoms with Crippen LogP contribution in [0.1, 0.15) is 60.4 Å². The van der Waals surface area contributed by atoms with Gasteiger partial charge in [0.05, 0.1) is 17.2 Å². The Morgan fingerprint density at radius 2 is 1.44 bits per heavy atom. The third-order valence-electron chi connectivity index (χ3n) is 6.78. The van der Waals surface area contributed by atoms with Gasteiger partial charge in [-0.25, -0.2) is 8.78 Å². The molecule has 1 heterocycles. The molecule has 1 unspecified atom stereocenters. The van der Waals surface area contributed by atoms with Gasteiger partial charge in [-0.3, -0.25) is 4.79 Å². The van der Waals surface area contributed by atoms with Gasteiger partial charge in [0.1, 0.15) is 11.5 Å². The summed E-state index contributed by atoms with van der Waals surface area (Å²) in [5.41, 5.74) is -4.75. The third kappa shape index (κ3) is 6.35. The third-order valence-corrected chi connectivity index (χ3v) is 6.78. The number of benzene rings is 2. The first-order chi connectivity index (χ1) is 16.6. The molecule has 1 N–H and O–H groups in total. The molecule has 36 heavy (non-hydrogen) atoms. The highest BCUT2D eigenvalue weighted by atomic mass is 19.4. The first-order valence-electron chi connectivity index (χ1n) is 11.3. The SMILES string of the molecule is C[C@@H](c1cc(C(F)(F)F)cc(C(F)(F)F)c1)N(C)C(=O)CC(c1ccc(F)cc1)C1(F)CCNCC1. The molecule has 1 fully saturated rings. The van der Waals surface area contributed by atoms with E-state index >= 15 is 4.39 Å². The van der Waals surface area contributed by atoms with Crippen molar-refractivity contribution in [2.75, 3.05) is 20.1 Å². The normalized spacial score (nSPS) is 17.9. The molecule has 0 saturated carbocycles. The number of piperidine rings is 1. The Hall–Kier alpha value is -2.69. The van der Waals surface area contributed by atoms with Crippen LogP contribution in [0.25, 0.3) is 0 Å². The van der Waals surface area contributed by atoms with Gasteiger partial charge < -0.3 is 10.2 Å². The van der Waals surface area contributed by atoms with E-state index in [9.17, 15) is 35.5 Å². The lowest BCUT2D eigenvalue weighted by Crippen LogP contribution is -2.44. The van der Waals surface area contributed by atoms with Crippen LogP contribution < -0.4 is 5.32 Å². The standard InChI is InChI=1S/C25H26F8N2O/c1-15(17-11-18(24(28,29)30)13-19(12-17)25(31,32)33)35(2)22(36)14-21(16-3-5-20(26)6-4-16)23(27)7-9-34-10-8-23/h3-6,11-13,15,21,34H,7-10,14H2,1-2H3/t15-,21?/m0/s1. The van der Waals surface area contributed by atoms with E-state index < -0.39 is 59.3 Å². The fraction of sp³-hybridized carbons (Fsp3) is 0.480. The Labute approximate surface area is 203 Å². The number of hydrogen-bond donors (Lipinski definition) is 1. The molecule has 3 nitrogen and oxygen atoms in total. The second-order valence-corrected chi connectivity index (χ2v) is 9.11. The molecule has 3 rings (SSSR count). The molecule has 0 radical (unpaired) electrons. The van der Waals surface area contributed by atoms with Crippen LogP contribution in [0.15, 0.2) is 42.5 Å². The Morgan fingerprint density at radius 3 is 1.92 bits per heavy atom. The van der Waals surface area contributed by atoms with Crippen LogP contribution >= 0.6 is 0 Å². The number of carbonyl (C=O) groups excluding carboxylic acids is 1. The van der Waals surface area contributed by atoms with Crippen LogP contribution in [-0.4, -0.2) is 36.6 Å². The topological polar surface area (TPSA) is 32.3 Å². The molecule has 2 aromatic rings. The van der Waals surface area contributed by atoms with Crippen molar-refractivity contribution in [1.82, 2.24) is 10.2 Å². The molecule has 1 saturated heterocycles. The monoisotopic (exact) mass is 522 g/mol. The number of halogens is 8. The minimum atomic E-state index is -5.03. The molecule has 2 atom stereocenters. The summed E-state index contributed by atoms with van der Waals surface area (Å²) >= 11 is 0. The molecule has 0 aliphatic carbocycles. The van der Waals surface area contributed by atoms with E-state index in [0.29, 0.717) is 30.8 Å². The number of carbonyl (C=O) groups is 1. The summed E-state index contributed by atoms with van der Waals surface area (Å²) in [6.45, 7) is 2.02. The molecule has 1 aliphatic rings. The summed E-state index contributed by atoms with van der Waals surface area (Å²) in [6, 6.07) is 5.04. The highest BCUT2D eigenvalue weighted by molar-refractivity contribution is 5.77. The fourth-order valence-electron chi connectivity index (χ4n) is 4.46. The Morgan fingerprint density at radius 1 is 0.944 bits per heavy atom. The molecular formula is C25H26F8N2O. The van der Waals surface area contributed by atoms with Crippen LogP contribution in [0.2, 0.25) is 0 Å². The molecule has 11 heteroatoms. The second-order valence-electron chi connectivity index (χ2n) is 9.11. The Balaban J connectivity index is 1.91. The largest absolute Gasteiger partial charge is 0.416 e. The van der Waals surface area contributed by atoms with Crippen molar-refractivity contribution < 1.29 is 39.9 Å². The smallest absolute Gasteiger partial charge is 0.339 e. The quantitative estimate of drug-likeness (QED) is 0.431. The van der Waals surface area contributed by atoms with Gasteiger partial charge in [-0.15, -0.1) is 0 Å². The molecule has 198 valence electrons. The lowest BCUT2D eigenvalue weighted by molar-refractivity contribution is -0.143. The van der Waals surface area contributed by atoms with Gasteiger partial charge in [0, 0.05) is 19.4 Å². The summed E-state index contributed by atoms with van der Waals surface area (Å²) < 4.78 is 109. The molecule has 1 amide bonds. The van der Waals surface area contributed by atoms with Gasteiger partial charge >= 0.3 is 12.4 Å². The minimum Gasteiger partial charge on any atom is -0.339 e. The van der Waals surface area contributed by atoms with E-state index in [1.165, 1.54) is 26.1 Å². The van der Waals surface area contributed by atoms with Crippen molar-refractivity contribution >= 4 is 5.91 Å². The summed E-state index contributed by atoms with van der Waals surface area (Å²) in [4.78, 5) is 14.2. The van der Waals surface area contributed by atoms with Crippen LogP contribution in [0.4, 0.5) is 35.1 Å². The Kier molecular flexibility index (Phi) is 8.02. The summed E-state index contributed by atoms with van der Waals surface area (Å²) in [7, 11) is 1.25. The van der Waals surface area contributed by atoms with Crippen molar-refractivity contribution in [2.24, 2.45) is 0 Å². The van der Waals surface area contributed by atoms with Crippen molar-refractivity contribution in [3.8, 4) is 0 Å². The molecule has 1 aliphatic heterocycles. The van der Waals surface area contributed by atoms with E-state index in [1.807, 2.05) is 0 Å². The number of nitrogens with zero attached hydrogens (tertiary/aromatic N) is 1. The van der Waals surface area contributed by atoms with Crippen LogP contribution in [0.3, 0.4) is 0 Å². The first kappa shape index (κ1) is 27.9. The van der Waals surface area contributed by atoms with Crippen molar-refractivity contribution in [1.29, 1.82) is 0 Å². The Bertz CT molecular complexity index is 1030. The zero-order valence-electron chi connectivity index (χ0n) is 19.6. The van der Waals surface area contributed by atoms with E-state index in [4.69, 9.17) is 0 Å². The average molecular weight is 522 g/mol. The highest BCUT2D eigenvalue weighted by Gasteiger charge is 2.43. The summed E-state index contributed by atoms with van der Waals surface area (Å²) in [5.74, 6) is -2.19. The summed E-state index contributed by atoms with van der Waals surface area (Å²) in [6.07, 6.45) is -10.3. The van der Waals surface area contributed by atoms with Gasteiger partial charge in [0.2, 0.25) is 5.91 Å². The number of alkyl halides is 7. The van der Waals surface area contributed by atoms with Crippen LogP contribution in [0, 0.1) is 5.82 Å². The molecule has 0 bridgehead atoms. The molecular weight excluding hydrogens is 496 g/mol. The van der Waals surface area contributed by atoms with E-state index in [-0.39, 0.29) is 24.5 Å².